The Labute approximate surface area is 81.7 Å². The van der Waals surface area contributed by atoms with Gasteiger partial charge in [-0.2, -0.15) is 0 Å². The molecule has 0 radical (unpaired) electrons. The Morgan fingerprint density at radius 1 is 1.38 bits per heavy atom. The first-order valence-electron chi connectivity index (χ1n) is 4.28. The molecule has 2 atom stereocenters. The topological polar surface area (TPSA) is 29.1 Å². The fraction of sp³-hybridized carbons (Fsp3) is 0.300. The van der Waals surface area contributed by atoms with Crippen LogP contribution in [-0.2, 0) is 4.79 Å². The zero-order valence-electron chi connectivity index (χ0n) is 7.14. The van der Waals surface area contributed by atoms with Crippen LogP contribution in [0.5, 0.6) is 0 Å². The molecule has 1 fully saturated rings. The maximum Gasteiger partial charge on any atom is 0.137 e. The summed E-state index contributed by atoms with van der Waals surface area (Å²) in [6, 6.07) is 10.2. The van der Waals surface area contributed by atoms with E-state index in [2.05, 4.69) is 17.4 Å². The van der Waals surface area contributed by atoms with Crippen LogP contribution in [0.25, 0.3) is 0 Å². The SMILES string of the molecule is O=CC1CSC(c2ccccc2)N1. The molecule has 2 rings (SSSR count). The molecule has 1 aliphatic rings. The molecule has 2 unspecified atom stereocenters. The molecule has 3 heteroatoms. The molecule has 13 heavy (non-hydrogen) atoms. The van der Waals surface area contributed by atoms with Gasteiger partial charge >= 0.3 is 0 Å². The number of hydrogen-bond acceptors (Lipinski definition) is 3. The molecule has 0 spiro atoms. The second kappa shape index (κ2) is 3.94. The maximum absolute atomic E-state index is 10.5. The molecule has 1 aliphatic heterocycles. The Hall–Kier alpha value is -0.800. The van der Waals surface area contributed by atoms with E-state index in [9.17, 15) is 4.79 Å². The van der Waals surface area contributed by atoms with E-state index in [4.69, 9.17) is 0 Å². The quantitative estimate of drug-likeness (QED) is 0.723. The average Bonchev–Trinajstić information content (AvgIpc) is 2.67. The third kappa shape index (κ3) is 1.92. The third-order valence-electron chi connectivity index (χ3n) is 2.07. The number of carbonyl (C=O) groups excluding carboxylic acids is 1. The van der Waals surface area contributed by atoms with Gasteiger partial charge < -0.3 is 4.79 Å². The number of benzene rings is 1. The summed E-state index contributed by atoms with van der Waals surface area (Å²) < 4.78 is 0. The van der Waals surface area contributed by atoms with Gasteiger partial charge in [-0.3, -0.25) is 5.32 Å². The van der Waals surface area contributed by atoms with Crippen LogP contribution >= 0.6 is 11.8 Å². The monoisotopic (exact) mass is 193 g/mol. The van der Waals surface area contributed by atoms with Crippen LogP contribution in [0, 0.1) is 0 Å². The van der Waals surface area contributed by atoms with E-state index in [1.54, 1.807) is 11.8 Å². The highest BCUT2D eigenvalue weighted by Gasteiger charge is 2.24. The van der Waals surface area contributed by atoms with E-state index in [1.165, 1.54) is 5.56 Å². The Kier molecular flexibility index (Phi) is 2.66. The van der Waals surface area contributed by atoms with Gasteiger partial charge in [0.15, 0.2) is 0 Å². The number of carbonyl (C=O) groups is 1. The van der Waals surface area contributed by atoms with Gasteiger partial charge in [0, 0.05) is 5.75 Å². The van der Waals surface area contributed by atoms with E-state index in [1.807, 2.05) is 18.2 Å². The predicted molar refractivity (Wildman–Crippen MR) is 54.6 cm³/mol. The lowest BCUT2D eigenvalue weighted by atomic mass is 10.2. The van der Waals surface area contributed by atoms with Gasteiger partial charge in [-0.05, 0) is 5.56 Å². The van der Waals surface area contributed by atoms with Crippen LogP contribution in [0.4, 0.5) is 0 Å². The fourth-order valence-electron chi connectivity index (χ4n) is 1.39. The Balaban J connectivity index is 2.08. The fourth-order valence-corrected chi connectivity index (χ4v) is 2.58. The van der Waals surface area contributed by atoms with E-state index in [-0.39, 0.29) is 11.4 Å². The van der Waals surface area contributed by atoms with Crippen LogP contribution in [0.2, 0.25) is 0 Å². The molecular formula is C10H11NOS. The van der Waals surface area contributed by atoms with Crippen molar-refractivity contribution in [1.29, 1.82) is 0 Å². The Morgan fingerprint density at radius 3 is 2.77 bits per heavy atom. The second-order valence-electron chi connectivity index (χ2n) is 3.03. The molecule has 2 nitrogen and oxygen atoms in total. The minimum Gasteiger partial charge on any atom is -0.302 e. The predicted octanol–water partition coefficient (Wildman–Crippen LogP) is 1.59. The molecule has 0 saturated carbocycles. The molecule has 0 bridgehead atoms. The summed E-state index contributed by atoms with van der Waals surface area (Å²) in [5.74, 6) is 0.878. The summed E-state index contributed by atoms with van der Waals surface area (Å²) in [6.45, 7) is 0. The van der Waals surface area contributed by atoms with Crippen molar-refractivity contribution in [2.75, 3.05) is 5.75 Å². The van der Waals surface area contributed by atoms with Crippen LogP contribution in [-0.4, -0.2) is 18.1 Å². The average molecular weight is 193 g/mol. The highest BCUT2D eigenvalue weighted by Crippen LogP contribution is 2.31. The van der Waals surface area contributed by atoms with E-state index < -0.39 is 0 Å². The lowest BCUT2D eigenvalue weighted by Gasteiger charge is -2.09. The zero-order chi connectivity index (χ0) is 9.10. The molecule has 68 valence electrons. The molecule has 1 N–H and O–H groups in total. The number of thioether (sulfide) groups is 1. The first-order valence-corrected chi connectivity index (χ1v) is 5.33. The van der Waals surface area contributed by atoms with Gasteiger partial charge in [0.25, 0.3) is 0 Å². The molecule has 0 aromatic heterocycles. The Bertz CT molecular complexity index is 288. The largest absolute Gasteiger partial charge is 0.302 e. The molecule has 1 aromatic carbocycles. The van der Waals surface area contributed by atoms with E-state index >= 15 is 0 Å². The first-order chi connectivity index (χ1) is 6.40. The summed E-state index contributed by atoms with van der Waals surface area (Å²) in [7, 11) is 0. The van der Waals surface area contributed by atoms with Crippen LogP contribution in [0.1, 0.15) is 10.9 Å². The molecule has 1 heterocycles. The number of rotatable bonds is 2. The molecule has 1 saturated heterocycles. The van der Waals surface area contributed by atoms with E-state index in [0.29, 0.717) is 0 Å². The number of aldehydes is 1. The second-order valence-corrected chi connectivity index (χ2v) is 4.17. The van der Waals surface area contributed by atoms with Crippen molar-refractivity contribution in [3.05, 3.63) is 35.9 Å². The first kappa shape index (κ1) is 8.78. The van der Waals surface area contributed by atoms with Crippen LogP contribution in [0.3, 0.4) is 0 Å². The van der Waals surface area contributed by atoms with Crippen molar-refractivity contribution in [1.82, 2.24) is 5.32 Å². The highest BCUT2D eigenvalue weighted by atomic mass is 32.2. The normalized spacial score (nSPS) is 27.4. The highest BCUT2D eigenvalue weighted by molar-refractivity contribution is 7.99. The van der Waals surface area contributed by atoms with Crippen molar-refractivity contribution in [2.24, 2.45) is 0 Å². The zero-order valence-corrected chi connectivity index (χ0v) is 7.96. The minimum absolute atomic E-state index is 0.0233. The summed E-state index contributed by atoms with van der Waals surface area (Å²) in [5.41, 5.74) is 1.25. The van der Waals surface area contributed by atoms with Gasteiger partial charge in [0.1, 0.15) is 6.29 Å². The molecule has 1 aromatic rings. The van der Waals surface area contributed by atoms with Gasteiger partial charge in [-0.1, -0.05) is 30.3 Å². The lowest BCUT2D eigenvalue weighted by Crippen LogP contribution is -2.26. The van der Waals surface area contributed by atoms with Crippen molar-refractivity contribution in [3.8, 4) is 0 Å². The molecular weight excluding hydrogens is 182 g/mol. The summed E-state index contributed by atoms with van der Waals surface area (Å²) in [5, 5.41) is 3.54. The minimum atomic E-state index is 0.0233. The lowest BCUT2D eigenvalue weighted by molar-refractivity contribution is -0.109. The Morgan fingerprint density at radius 2 is 2.15 bits per heavy atom. The van der Waals surface area contributed by atoms with Crippen molar-refractivity contribution in [2.45, 2.75) is 11.4 Å². The van der Waals surface area contributed by atoms with Gasteiger partial charge in [-0.15, -0.1) is 11.8 Å². The maximum atomic E-state index is 10.5. The molecule has 0 aliphatic carbocycles. The number of hydrogen-bond donors (Lipinski definition) is 1. The molecule has 0 amide bonds. The standard InChI is InChI=1S/C10H11NOS/c12-6-9-7-13-10(11-9)8-4-2-1-3-5-8/h1-6,9-11H,7H2. The van der Waals surface area contributed by atoms with Gasteiger partial charge in [0.05, 0.1) is 11.4 Å². The van der Waals surface area contributed by atoms with Crippen LogP contribution < -0.4 is 5.32 Å². The summed E-state index contributed by atoms with van der Waals surface area (Å²) in [4.78, 5) is 10.5. The van der Waals surface area contributed by atoms with Gasteiger partial charge in [-0.25, -0.2) is 0 Å². The van der Waals surface area contributed by atoms with Gasteiger partial charge in [0.2, 0.25) is 0 Å². The summed E-state index contributed by atoms with van der Waals surface area (Å²) >= 11 is 1.79. The third-order valence-corrected chi connectivity index (χ3v) is 3.37. The van der Waals surface area contributed by atoms with E-state index in [0.717, 1.165) is 12.0 Å². The van der Waals surface area contributed by atoms with Crippen LogP contribution in [0.15, 0.2) is 30.3 Å². The van der Waals surface area contributed by atoms with Crippen molar-refractivity contribution < 1.29 is 4.79 Å². The smallest absolute Gasteiger partial charge is 0.137 e. The van der Waals surface area contributed by atoms with Crippen molar-refractivity contribution >= 4 is 18.0 Å². The summed E-state index contributed by atoms with van der Waals surface area (Å²) in [6.07, 6.45) is 0.982. The van der Waals surface area contributed by atoms with Crippen molar-refractivity contribution in [3.63, 3.8) is 0 Å². The number of nitrogens with one attached hydrogen (secondary N) is 1.